The Morgan fingerprint density at radius 2 is 1.67 bits per heavy atom. The number of hydrogen-bond donors (Lipinski definition) is 0. The van der Waals surface area contributed by atoms with Crippen LogP contribution in [0.2, 0.25) is 0 Å². The molecule has 2 aromatic carbocycles. The van der Waals surface area contributed by atoms with Crippen LogP contribution in [0.3, 0.4) is 0 Å². The first-order chi connectivity index (χ1) is 11.8. The SMILES string of the molecule is C[n+]1ccc2c([se]c3c4cnccc4ccc23)c1-c1ccccc1. The minimum atomic E-state index is 0.289. The zero-order valence-electron chi connectivity index (χ0n) is 13.2. The number of rotatable bonds is 1. The monoisotopic (exact) mass is 375 g/mol. The van der Waals surface area contributed by atoms with Gasteiger partial charge >= 0.3 is 146 Å². The van der Waals surface area contributed by atoms with Gasteiger partial charge in [-0.1, -0.05) is 0 Å². The van der Waals surface area contributed by atoms with Gasteiger partial charge < -0.3 is 0 Å². The summed E-state index contributed by atoms with van der Waals surface area (Å²) < 4.78 is 5.19. The van der Waals surface area contributed by atoms with Gasteiger partial charge in [0.05, 0.1) is 0 Å². The first-order valence-corrected chi connectivity index (χ1v) is 9.67. The van der Waals surface area contributed by atoms with Crippen molar-refractivity contribution < 1.29 is 4.57 Å². The van der Waals surface area contributed by atoms with Crippen molar-refractivity contribution in [3.8, 4) is 11.3 Å². The van der Waals surface area contributed by atoms with Crippen LogP contribution in [0.4, 0.5) is 0 Å². The Bertz CT molecular complexity index is 1210. The Kier molecular flexibility index (Phi) is 3.05. The van der Waals surface area contributed by atoms with Crippen LogP contribution in [0.1, 0.15) is 0 Å². The molecule has 0 unspecified atom stereocenters. The molecule has 0 bridgehead atoms. The van der Waals surface area contributed by atoms with Gasteiger partial charge in [-0.05, 0) is 0 Å². The van der Waals surface area contributed by atoms with Crippen LogP contribution in [0, 0.1) is 0 Å². The molecule has 0 N–H and O–H groups in total. The molecule has 0 saturated heterocycles. The van der Waals surface area contributed by atoms with Gasteiger partial charge in [0.2, 0.25) is 0 Å². The third-order valence-electron chi connectivity index (χ3n) is 4.59. The van der Waals surface area contributed by atoms with E-state index in [1.165, 1.54) is 41.3 Å². The van der Waals surface area contributed by atoms with Crippen LogP contribution in [0.25, 0.3) is 41.3 Å². The first kappa shape index (κ1) is 13.9. The fraction of sp³-hybridized carbons (Fsp3) is 0.0476. The summed E-state index contributed by atoms with van der Waals surface area (Å²) in [6, 6.07) is 19.6. The van der Waals surface area contributed by atoms with Gasteiger partial charge in [-0.25, -0.2) is 0 Å². The number of aromatic nitrogens is 2. The van der Waals surface area contributed by atoms with Crippen LogP contribution < -0.4 is 4.57 Å². The van der Waals surface area contributed by atoms with Crippen molar-refractivity contribution in [1.29, 1.82) is 0 Å². The van der Waals surface area contributed by atoms with E-state index >= 15 is 0 Å². The van der Waals surface area contributed by atoms with E-state index in [1.807, 2.05) is 12.4 Å². The van der Waals surface area contributed by atoms with Gasteiger partial charge in [-0.3, -0.25) is 0 Å². The van der Waals surface area contributed by atoms with Crippen molar-refractivity contribution >= 4 is 44.6 Å². The Hall–Kier alpha value is -2.48. The molecule has 0 spiro atoms. The molecular weight excluding hydrogens is 359 g/mol. The maximum absolute atomic E-state index is 4.36. The normalized spacial score (nSPS) is 11.5. The van der Waals surface area contributed by atoms with Gasteiger partial charge in [0.25, 0.3) is 0 Å². The average Bonchev–Trinajstić information content (AvgIpc) is 3.01. The van der Waals surface area contributed by atoms with Crippen molar-refractivity contribution in [2.75, 3.05) is 0 Å². The summed E-state index contributed by atoms with van der Waals surface area (Å²) in [5.41, 5.74) is 2.62. The Labute approximate surface area is 145 Å². The van der Waals surface area contributed by atoms with Crippen LogP contribution in [-0.2, 0) is 7.05 Å². The van der Waals surface area contributed by atoms with Gasteiger partial charge in [0.15, 0.2) is 0 Å². The van der Waals surface area contributed by atoms with E-state index in [0.717, 1.165) is 0 Å². The Morgan fingerprint density at radius 1 is 0.833 bits per heavy atom. The van der Waals surface area contributed by atoms with Gasteiger partial charge in [-0.15, -0.1) is 0 Å². The van der Waals surface area contributed by atoms with Crippen LogP contribution in [0.15, 0.2) is 73.2 Å². The Balaban J connectivity index is 1.97. The van der Waals surface area contributed by atoms with E-state index in [2.05, 4.69) is 77.4 Å². The summed E-state index contributed by atoms with van der Waals surface area (Å²) in [5, 5.41) is 5.34. The summed E-state index contributed by atoms with van der Waals surface area (Å²) in [6.45, 7) is 0. The molecule has 0 aliphatic carbocycles. The van der Waals surface area contributed by atoms with Crippen molar-refractivity contribution in [3.63, 3.8) is 0 Å². The van der Waals surface area contributed by atoms with E-state index in [4.69, 9.17) is 0 Å². The number of benzene rings is 2. The molecule has 114 valence electrons. The quantitative estimate of drug-likeness (QED) is 0.319. The predicted octanol–water partition coefficient (Wildman–Crippen LogP) is 4.09. The third kappa shape index (κ3) is 1.95. The summed E-state index contributed by atoms with van der Waals surface area (Å²) >= 11 is 0.289. The maximum atomic E-state index is 4.36. The molecule has 3 heteroatoms. The number of hydrogen-bond acceptors (Lipinski definition) is 1. The van der Waals surface area contributed by atoms with Gasteiger partial charge in [-0.2, -0.15) is 0 Å². The summed E-state index contributed by atoms with van der Waals surface area (Å²) in [5.74, 6) is 0. The zero-order chi connectivity index (χ0) is 16.1. The van der Waals surface area contributed by atoms with E-state index in [1.54, 1.807) is 0 Å². The number of pyridine rings is 2. The van der Waals surface area contributed by atoms with Crippen LogP contribution in [0.5, 0.6) is 0 Å². The van der Waals surface area contributed by atoms with Crippen molar-refractivity contribution in [3.05, 3.63) is 73.2 Å². The summed E-state index contributed by atoms with van der Waals surface area (Å²) in [7, 11) is 2.14. The molecule has 5 aromatic rings. The topological polar surface area (TPSA) is 16.8 Å². The Morgan fingerprint density at radius 3 is 2.54 bits per heavy atom. The van der Waals surface area contributed by atoms with Crippen LogP contribution in [-0.4, -0.2) is 19.5 Å². The fourth-order valence-corrected chi connectivity index (χ4v) is 6.41. The zero-order valence-corrected chi connectivity index (χ0v) is 14.9. The molecule has 24 heavy (non-hydrogen) atoms. The first-order valence-electron chi connectivity index (χ1n) is 7.96. The van der Waals surface area contributed by atoms with Crippen molar-refractivity contribution in [1.82, 2.24) is 4.98 Å². The molecule has 0 saturated carbocycles. The summed E-state index contributed by atoms with van der Waals surface area (Å²) in [6.07, 6.45) is 6.07. The number of fused-ring (bicyclic) bond motifs is 5. The molecule has 2 nitrogen and oxygen atoms in total. The van der Waals surface area contributed by atoms with Gasteiger partial charge in [0.1, 0.15) is 0 Å². The predicted molar refractivity (Wildman–Crippen MR) is 100 cm³/mol. The summed E-state index contributed by atoms with van der Waals surface area (Å²) in [4.78, 5) is 4.36. The number of nitrogens with zero attached hydrogens (tertiary/aromatic N) is 2. The standard InChI is InChI=1S/C21H15N2Se/c1-23-12-10-17-16-8-7-14-9-11-22-13-18(14)20(16)24-21(17)19(23)15-5-3-2-4-6-15/h2-13H,1H3/q+1. The average molecular weight is 374 g/mol. The molecule has 3 aromatic heterocycles. The fourth-order valence-electron chi connectivity index (χ4n) is 3.43. The molecule has 0 fully saturated rings. The van der Waals surface area contributed by atoms with Crippen molar-refractivity contribution in [2.24, 2.45) is 7.05 Å². The molecule has 0 amide bonds. The van der Waals surface area contributed by atoms with E-state index in [9.17, 15) is 0 Å². The van der Waals surface area contributed by atoms with E-state index in [-0.39, 0.29) is 14.5 Å². The third-order valence-corrected chi connectivity index (χ3v) is 7.24. The molecule has 0 aliphatic rings. The molecule has 0 atom stereocenters. The van der Waals surface area contributed by atoms with E-state index in [0.29, 0.717) is 0 Å². The number of aryl methyl sites for hydroxylation is 1. The second-order valence-electron chi connectivity index (χ2n) is 6.03. The van der Waals surface area contributed by atoms with E-state index < -0.39 is 0 Å². The molecule has 0 radical (unpaired) electrons. The van der Waals surface area contributed by atoms with Gasteiger partial charge in [0, 0.05) is 0 Å². The molecule has 5 rings (SSSR count). The van der Waals surface area contributed by atoms with Crippen LogP contribution >= 0.6 is 0 Å². The van der Waals surface area contributed by atoms with Crippen molar-refractivity contribution in [2.45, 2.75) is 0 Å². The minimum absolute atomic E-state index is 0.289. The second kappa shape index (κ2) is 5.27. The molecular formula is C21H15N2Se+. The molecule has 0 aliphatic heterocycles. The molecule has 3 heterocycles. The second-order valence-corrected chi connectivity index (χ2v) is 8.17.